The highest BCUT2D eigenvalue weighted by Gasteiger charge is 2.41. The van der Waals surface area contributed by atoms with Crippen LogP contribution in [-0.2, 0) is 19.0 Å². The molecule has 9 unspecified atom stereocenters. The van der Waals surface area contributed by atoms with Crippen LogP contribution < -0.4 is 0 Å². The van der Waals surface area contributed by atoms with Gasteiger partial charge >= 0.3 is 5.97 Å². The summed E-state index contributed by atoms with van der Waals surface area (Å²) in [6.45, 7) is 3.64. The van der Waals surface area contributed by atoms with Crippen molar-refractivity contribution in [3.05, 3.63) is 11.6 Å². The molecule has 9 atom stereocenters. The van der Waals surface area contributed by atoms with E-state index < -0.39 is 24.4 Å². The second-order valence-corrected chi connectivity index (χ2v) is 9.53. The highest BCUT2D eigenvalue weighted by Crippen LogP contribution is 2.35. The maximum absolute atomic E-state index is 11.7. The largest absolute Gasteiger partial charge is 0.455 e. The zero-order chi connectivity index (χ0) is 23.3. The smallest absolute Gasteiger partial charge is 0.334 e. The molecular formula is C24H40O8. The minimum Gasteiger partial charge on any atom is -0.455 e. The number of hydrogen-bond donors (Lipinski definition) is 4. The predicted molar refractivity (Wildman–Crippen MR) is 117 cm³/mol. The average molecular weight is 457 g/mol. The molecule has 4 N–H and O–H groups in total. The van der Waals surface area contributed by atoms with Gasteiger partial charge in [0.25, 0.3) is 0 Å². The maximum atomic E-state index is 11.7. The van der Waals surface area contributed by atoms with E-state index in [0.29, 0.717) is 44.1 Å². The van der Waals surface area contributed by atoms with Crippen molar-refractivity contribution in [1.29, 1.82) is 0 Å². The van der Waals surface area contributed by atoms with E-state index in [-0.39, 0.29) is 36.5 Å². The molecule has 0 bridgehead atoms. The Morgan fingerprint density at radius 3 is 2.03 bits per heavy atom. The summed E-state index contributed by atoms with van der Waals surface area (Å²) in [6, 6.07) is 0. The van der Waals surface area contributed by atoms with E-state index in [2.05, 4.69) is 0 Å². The van der Waals surface area contributed by atoms with Crippen LogP contribution in [-0.4, -0.2) is 81.3 Å². The van der Waals surface area contributed by atoms with E-state index >= 15 is 0 Å². The van der Waals surface area contributed by atoms with Crippen molar-refractivity contribution in [3.8, 4) is 0 Å². The second kappa shape index (κ2) is 11.9. The van der Waals surface area contributed by atoms with Crippen LogP contribution in [0.3, 0.4) is 0 Å². The highest BCUT2D eigenvalue weighted by atomic mass is 16.6. The van der Waals surface area contributed by atoms with Crippen molar-refractivity contribution < 1.29 is 39.4 Å². The third kappa shape index (κ3) is 6.74. The van der Waals surface area contributed by atoms with Gasteiger partial charge < -0.3 is 34.6 Å². The average Bonchev–Trinajstić information content (AvgIpc) is 3.50. The molecule has 0 aliphatic carbocycles. The molecule has 0 spiro atoms. The SMILES string of the molecule is CCC(O)C(O)CCCC(O)C1CCC(C2CCC(C(O)CCC3=CC(C)OC3=O)O2)O1. The van der Waals surface area contributed by atoms with Gasteiger partial charge in [-0.2, -0.15) is 0 Å². The molecule has 0 saturated carbocycles. The first-order valence-corrected chi connectivity index (χ1v) is 12.2. The number of carbonyl (C=O) groups excluding carboxylic acids is 1. The quantitative estimate of drug-likeness (QED) is 0.327. The molecule has 2 saturated heterocycles. The number of cyclic esters (lactones) is 1. The fourth-order valence-corrected chi connectivity index (χ4v) is 4.98. The second-order valence-electron chi connectivity index (χ2n) is 9.53. The summed E-state index contributed by atoms with van der Waals surface area (Å²) in [5.41, 5.74) is 0.624. The zero-order valence-corrected chi connectivity index (χ0v) is 19.3. The molecule has 0 aromatic carbocycles. The van der Waals surface area contributed by atoms with E-state index in [1.54, 1.807) is 6.08 Å². The van der Waals surface area contributed by atoms with E-state index in [1.807, 2.05) is 13.8 Å². The lowest BCUT2D eigenvalue weighted by Crippen LogP contribution is -2.33. The number of ether oxygens (including phenoxy) is 3. The fraction of sp³-hybridized carbons (Fsp3) is 0.875. The molecular weight excluding hydrogens is 416 g/mol. The number of rotatable bonds is 12. The van der Waals surface area contributed by atoms with Crippen molar-refractivity contribution in [2.75, 3.05) is 0 Å². The first-order valence-electron chi connectivity index (χ1n) is 12.2. The molecule has 2 fully saturated rings. The van der Waals surface area contributed by atoms with Gasteiger partial charge in [-0.3, -0.25) is 0 Å². The van der Waals surface area contributed by atoms with Crippen LogP contribution in [0.5, 0.6) is 0 Å². The molecule has 0 radical (unpaired) electrons. The molecule has 8 heteroatoms. The lowest BCUT2D eigenvalue weighted by Gasteiger charge is -2.24. The molecule has 184 valence electrons. The Bertz CT molecular complexity index is 637. The predicted octanol–water partition coefficient (Wildman–Crippen LogP) is 1.76. The van der Waals surface area contributed by atoms with E-state index in [1.165, 1.54) is 0 Å². The van der Waals surface area contributed by atoms with Crippen LogP contribution in [0.2, 0.25) is 0 Å². The lowest BCUT2D eigenvalue weighted by molar-refractivity contribution is -0.139. The Hall–Kier alpha value is -1.03. The van der Waals surface area contributed by atoms with Crippen molar-refractivity contribution in [2.24, 2.45) is 0 Å². The molecule has 0 aromatic rings. The minimum absolute atomic E-state index is 0.0901. The molecule has 3 heterocycles. The zero-order valence-electron chi connectivity index (χ0n) is 19.3. The van der Waals surface area contributed by atoms with Crippen LogP contribution in [0.15, 0.2) is 11.6 Å². The van der Waals surface area contributed by atoms with Crippen molar-refractivity contribution in [1.82, 2.24) is 0 Å². The van der Waals surface area contributed by atoms with Crippen LogP contribution in [0.25, 0.3) is 0 Å². The number of aliphatic hydroxyl groups excluding tert-OH is 4. The molecule has 8 nitrogen and oxygen atoms in total. The van der Waals surface area contributed by atoms with Crippen molar-refractivity contribution in [3.63, 3.8) is 0 Å². The lowest BCUT2D eigenvalue weighted by atomic mass is 9.99. The summed E-state index contributed by atoms with van der Waals surface area (Å²) in [5.74, 6) is -0.296. The van der Waals surface area contributed by atoms with Crippen LogP contribution in [0, 0.1) is 0 Å². The standard InChI is InChI=1S/C24H40O8/c1-3-16(25)17(26)5-4-6-18(27)20-9-11-22(31-20)23-12-10-21(32-23)19(28)8-7-15-13-14(2)30-24(15)29/h13-14,16-23,25-28H,3-12H2,1-2H3. The normalized spacial score (nSPS) is 34.2. The van der Waals surface area contributed by atoms with Gasteiger partial charge in [-0.1, -0.05) is 6.92 Å². The van der Waals surface area contributed by atoms with Gasteiger partial charge in [0.1, 0.15) is 6.10 Å². The Morgan fingerprint density at radius 2 is 1.50 bits per heavy atom. The maximum Gasteiger partial charge on any atom is 0.334 e. The van der Waals surface area contributed by atoms with E-state index in [4.69, 9.17) is 14.2 Å². The monoisotopic (exact) mass is 456 g/mol. The van der Waals surface area contributed by atoms with Gasteiger partial charge in [0, 0.05) is 5.57 Å². The molecule has 3 aliphatic heterocycles. The Balaban J connectivity index is 1.35. The molecule has 32 heavy (non-hydrogen) atoms. The summed E-state index contributed by atoms with van der Waals surface area (Å²) in [4.78, 5) is 11.7. The van der Waals surface area contributed by atoms with Gasteiger partial charge in [-0.15, -0.1) is 0 Å². The van der Waals surface area contributed by atoms with Gasteiger partial charge in [0.05, 0.1) is 48.8 Å². The van der Waals surface area contributed by atoms with Crippen molar-refractivity contribution in [2.45, 2.75) is 133 Å². The molecule has 3 rings (SSSR count). The topological polar surface area (TPSA) is 126 Å². The number of carbonyl (C=O) groups is 1. The summed E-state index contributed by atoms with van der Waals surface area (Å²) < 4.78 is 17.3. The highest BCUT2D eigenvalue weighted by molar-refractivity contribution is 5.90. The Kier molecular flexibility index (Phi) is 9.52. The van der Waals surface area contributed by atoms with Gasteiger partial charge in [-0.25, -0.2) is 4.79 Å². The number of aliphatic hydroxyl groups is 4. The van der Waals surface area contributed by atoms with Crippen LogP contribution >= 0.6 is 0 Å². The summed E-state index contributed by atoms with van der Waals surface area (Å²) in [6.07, 6.45) is 4.37. The first-order chi connectivity index (χ1) is 15.3. The van der Waals surface area contributed by atoms with Crippen LogP contribution in [0.4, 0.5) is 0 Å². The van der Waals surface area contributed by atoms with Crippen molar-refractivity contribution >= 4 is 5.97 Å². The Labute approximate surface area is 190 Å². The number of hydrogen-bond acceptors (Lipinski definition) is 8. The molecule has 0 aromatic heterocycles. The third-order valence-electron chi connectivity index (χ3n) is 7.01. The summed E-state index contributed by atoms with van der Waals surface area (Å²) in [5, 5.41) is 40.5. The van der Waals surface area contributed by atoms with E-state index in [0.717, 1.165) is 25.7 Å². The fourth-order valence-electron chi connectivity index (χ4n) is 4.98. The van der Waals surface area contributed by atoms with Crippen LogP contribution in [0.1, 0.15) is 78.1 Å². The van der Waals surface area contributed by atoms with Gasteiger partial charge in [0.2, 0.25) is 0 Å². The number of esters is 1. The van der Waals surface area contributed by atoms with Gasteiger partial charge in [0.15, 0.2) is 0 Å². The van der Waals surface area contributed by atoms with E-state index in [9.17, 15) is 25.2 Å². The summed E-state index contributed by atoms with van der Waals surface area (Å²) >= 11 is 0. The summed E-state index contributed by atoms with van der Waals surface area (Å²) in [7, 11) is 0. The Morgan fingerprint density at radius 1 is 0.906 bits per heavy atom. The van der Waals surface area contributed by atoms with Gasteiger partial charge in [-0.05, 0) is 77.2 Å². The molecule has 3 aliphatic rings. The first kappa shape index (κ1) is 25.6. The minimum atomic E-state index is -0.751. The molecule has 0 amide bonds. The third-order valence-corrected chi connectivity index (χ3v) is 7.01.